The standard InChI is InChI=1S/C21H23Cl2N3O2/c1-14(21(28)24-20-8-5-17(22)13-19(20)23)25-9-11-26(12-10-25)18-6-3-16(4-7-18)15(2)27/h3-8,13-14H,9-12H2,1-2H3,(H,24,28)/t14-/m1/s1. The van der Waals surface area contributed by atoms with Gasteiger partial charge in [-0.3, -0.25) is 14.5 Å². The van der Waals surface area contributed by atoms with Crippen LogP contribution in [0.4, 0.5) is 11.4 Å². The van der Waals surface area contributed by atoms with Gasteiger partial charge in [0.1, 0.15) is 0 Å². The van der Waals surface area contributed by atoms with Gasteiger partial charge in [-0.05, 0) is 56.3 Å². The summed E-state index contributed by atoms with van der Waals surface area (Å²) >= 11 is 12.0. The van der Waals surface area contributed by atoms with Crippen LogP contribution in [-0.4, -0.2) is 48.8 Å². The number of benzene rings is 2. The molecule has 0 radical (unpaired) electrons. The smallest absolute Gasteiger partial charge is 0.241 e. The molecule has 0 aromatic heterocycles. The summed E-state index contributed by atoms with van der Waals surface area (Å²) in [6.45, 7) is 6.65. The van der Waals surface area contributed by atoms with E-state index in [9.17, 15) is 9.59 Å². The van der Waals surface area contributed by atoms with Gasteiger partial charge in [-0.15, -0.1) is 0 Å². The lowest BCUT2D eigenvalue weighted by atomic mass is 10.1. The first-order valence-electron chi connectivity index (χ1n) is 9.21. The normalized spacial score (nSPS) is 15.9. The average molecular weight is 420 g/mol. The fourth-order valence-corrected chi connectivity index (χ4v) is 3.72. The molecule has 148 valence electrons. The number of anilines is 2. The molecule has 7 heteroatoms. The molecule has 1 aliphatic heterocycles. The monoisotopic (exact) mass is 419 g/mol. The maximum atomic E-state index is 12.6. The summed E-state index contributed by atoms with van der Waals surface area (Å²) in [4.78, 5) is 28.4. The Balaban J connectivity index is 1.56. The van der Waals surface area contributed by atoms with E-state index in [4.69, 9.17) is 23.2 Å². The Morgan fingerprint density at radius 1 is 1.00 bits per heavy atom. The third kappa shape index (κ3) is 4.85. The van der Waals surface area contributed by atoms with E-state index in [1.807, 2.05) is 31.2 Å². The predicted octanol–water partition coefficient (Wildman–Crippen LogP) is 4.35. The van der Waals surface area contributed by atoms with E-state index in [2.05, 4.69) is 15.1 Å². The van der Waals surface area contributed by atoms with Gasteiger partial charge in [0.25, 0.3) is 0 Å². The number of ketones is 1. The summed E-state index contributed by atoms with van der Waals surface area (Å²) in [5, 5.41) is 3.83. The molecule has 3 rings (SSSR count). The van der Waals surface area contributed by atoms with Crippen molar-refractivity contribution < 1.29 is 9.59 Å². The van der Waals surface area contributed by atoms with Crippen LogP contribution in [0.25, 0.3) is 0 Å². The molecule has 0 bridgehead atoms. The van der Waals surface area contributed by atoms with Gasteiger partial charge in [0.05, 0.1) is 16.8 Å². The van der Waals surface area contributed by atoms with Gasteiger partial charge in [-0.2, -0.15) is 0 Å². The van der Waals surface area contributed by atoms with Crippen molar-refractivity contribution in [2.45, 2.75) is 19.9 Å². The number of piperazine rings is 1. The first-order valence-corrected chi connectivity index (χ1v) is 9.96. The van der Waals surface area contributed by atoms with Gasteiger partial charge in [0, 0.05) is 42.5 Å². The van der Waals surface area contributed by atoms with Crippen LogP contribution in [-0.2, 0) is 4.79 Å². The van der Waals surface area contributed by atoms with Crippen LogP contribution in [0.15, 0.2) is 42.5 Å². The first-order chi connectivity index (χ1) is 13.3. The SMILES string of the molecule is CC(=O)c1ccc(N2CCN([C@H](C)C(=O)Nc3ccc(Cl)cc3Cl)CC2)cc1. The van der Waals surface area contributed by atoms with Crippen molar-refractivity contribution in [1.29, 1.82) is 0 Å². The number of hydrogen-bond donors (Lipinski definition) is 1. The zero-order chi connectivity index (χ0) is 20.3. The number of hydrogen-bond acceptors (Lipinski definition) is 4. The van der Waals surface area contributed by atoms with Crippen molar-refractivity contribution in [2.75, 3.05) is 36.4 Å². The molecule has 1 saturated heterocycles. The fourth-order valence-electron chi connectivity index (χ4n) is 3.27. The largest absolute Gasteiger partial charge is 0.369 e. The van der Waals surface area contributed by atoms with E-state index in [0.29, 0.717) is 21.3 Å². The van der Waals surface area contributed by atoms with Crippen LogP contribution in [0.1, 0.15) is 24.2 Å². The highest BCUT2D eigenvalue weighted by Crippen LogP contribution is 2.26. The third-order valence-corrected chi connectivity index (χ3v) is 5.62. The zero-order valence-corrected chi connectivity index (χ0v) is 17.4. The molecule has 1 heterocycles. The molecule has 0 spiro atoms. The molecular weight excluding hydrogens is 397 g/mol. The number of carbonyl (C=O) groups is 2. The minimum Gasteiger partial charge on any atom is -0.369 e. The van der Waals surface area contributed by atoms with Gasteiger partial charge in [0.15, 0.2) is 5.78 Å². The number of nitrogens with one attached hydrogen (secondary N) is 1. The molecule has 1 atom stereocenters. The molecule has 1 N–H and O–H groups in total. The molecule has 0 unspecified atom stereocenters. The molecule has 0 aliphatic carbocycles. The van der Waals surface area contributed by atoms with E-state index >= 15 is 0 Å². The Bertz CT molecular complexity index is 862. The highest BCUT2D eigenvalue weighted by atomic mass is 35.5. The Labute approximate surface area is 175 Å². The van der Waals surface area contributed by atoms with Crippen LogP contribution >= 0.6 is 23.2 Å². The van der Waals surface area contributed by atoms with Gasteiger partial charge in [-0.25, -0.2) is 0 Å². The topological polar surface area (TPSA) is 52.7 Å². The summed E-state index contributed by atoms with van der Waals surface area (Å²) in [7, 11) is 0. The van der Waals surface area contributed by atoms with Gasteiger partial charge in [-0.1, -0.05) is 23.2 Å². The number of amides is 1. The van der Waals surface area contributed by atoms with Crippen LogP contribution in [0.2, 0.25) is 10.0 Å². The van der Waals surface area contributed by atoms with Crippen LogP contribution < -0.4 is 10.2 Å². The molecule has 1 fully saturated rings. The summed E-state index contributed by atoms with van der Waals surface area (Å²) in [6, 6.07) is 12.4. The Hall–Kier alpha value is -2.08. The molecule has 1 aliphatic rings. The molecule has 28 heavy (non-hydrogen) atoms. The fraction of sp³-hybridized carbons (Fsp3) is 0.333. The summed E-state index contributed by atoms with van der Waals surface area (Å²) in [5.74, 6) is -0.0273. The second-order valence-electron chi connectivity index (χ2n) is 6.92. The number of carbonyl (C=O) groups excluding carboxylic acids is 2. The van der Waals surface area contributed by atoms with Crippen molar-refractivity contribution >= 4 is 46.3 Å². The van der Waals surface area contributed by atoms with Crippen LogP contribution in [0, 0.1) is 0 Å². The molecular formula is C21H23Cl2N3O2. The molecule has 5 nitrogen and oxygen atoms in total. The van der Waals surface area contributed by atoms with Crippen molar-refractivity contribution in [3.63, 3.8) is 0 Å². The average Bonchev–Trinajstić information content (AvgIpc) is 2.69. The number of rotatable bonds is 5. The maximum Gasteiger partial charge on any atom is 0.241 e. The predicted molar refractivity (Wildman–Crippen MR) is 115 cm³/mol. The highest BCUT2D eigenvalue weighted by Gasteiger charge is 2.26. The number of Topliss-reactive ketones (excluding diaryl/α,β-unsaturated/α-hetero) is 1. The van der Waals surface area contributed by atoms with Crippen molar-refractivity contribution in [3.8, 4) is 0 Å². The molecule has 2 aromatic rings. The Morgan fingerprint density at radius 2 is 1.64 bits per heavy atom. The van der Waals surface area contributed by atoms with E-state index in [1.165, 1.54) is 0 Å². The lowest BCUT2D eigenvalue weighted by Gasteiger charge is -2.38. The van der Waals surface area contributed by atoms with Crippen molar-refractivity contribution in [2.24, 2.45) is 0 Å². The minimum atomic E-state index is -0.269. The second kappa shape index (κ2) is 8.95. The Kier molecular flexibility index (Phi) is 6.60. The van der Waals surface area contributed by atoms with E-state index in [1.54, 1.807) is 25.1 Å². The lowest BCUT2D eigenvalue weighted by molar-refractivity contribution is -0.120. The summed E-state index contributed by atoms with van der Waals surface area (Å²) < 4.78 is 0. The lowest BCUT2D eigenvalue weighted by Crippen LogP contribution is -2.52. The first kappa shape index (κ1) is 20.6. The molecule has 0 saturated carbocycles. The number of nitrogens with zero attached hydrogens (tertiary/aromatic N) is 2. The maximum absolute atomic E-state index is 12.6. The summed E-state index contributed by atoms with van der Waals surface area (Å²) in [6.07, 6.45) is 0. The highest BCUT2D eigenvalue weighted by molar-refractivity contribution is 6.36. The molecule has 2 aromatic carbocycles. The van der Waals surface area contributed by atoms with E-state index in [0.717, 1.165) is 31.9 Å². The van der Waals surface area contributed by atoms with Crippen LogP contribution in [0.3, 0.4) is 0 Å². The zero-order valence-electron chi connectivity index (χ0n) is 15.9. The van der Waals surface area contributed by atoms with Crippen molar-refractivity contribution in [3.05, 3.63) is 58.1 Å². The van der Waals surface area contributed by atoms with Gasteiger partial charge in [0.2, 0.25) is 5.91 Å². The minimum absolute atomic E-state index is 0.0667. The van der Waals surface area contributed by atoms with Gasteiger partial charge >= 0.3 is 0 Å². The van der Waals surface area contributed by atoms with Crippen molar-refractivity contribution in [1.82, 2.24) is 4.90 Å². The summed E-state index contributed by atoms with van der Waals surface area (Å²) in [5.41, 5.74) is 2.37. The van der Waals surface area contributed by atoms with Crippen LogP contribution in [0.5, 0.6) is 0 Å². The Morgan fingerprint density at radius 3 is 2.21 bits per heavy atom. The van der Waals surface area contributed by atoms with Gasteiger partial charge < -0.3 is 10.2 Å². The van der Waals surface area contributed by atoms with E-state index < -0.39 is 0 Å². The quantitative estimate of drug-likeness (QED) is 0.731. The number of halogens is 2. The third-order valence-electron chi connectivity index (χ3n) is 5.07. The molecule has 1 amide bonds. The second-order valence-corrected chi connectivity index (χ2v) is 7.76. The van der Waals surface area contributed by atoms with E-state index in [-0.39, 0.29) is 17.7 Å².